The highest BCUT2D eigenvalue weighted by atomic mass is 16.5. The largest absolute Gasteiger partial charge is 0.377 e. The van der Waals surface area contributed by atoms with Gasteiger partial charge in [0.25, 0.3) is 0 Å². The predicted molar refractivity (Wildman–Crippen MR) is 63.2 cm³/mol. The van der Waals surface area contributed by atoms with Crippen LogP contribution in [-0.4, -0.2) is 28.5 Å². The molecule has 2 rings (SSSR count). The summed E-state index contributed by atoms with van der Waals surface area (Å²) in [6, 6.07) is 0.727. The van der Waals surface area contributed by atoms with Crippen LogP contribution in [0.25, 0.3) is 0 Å². The minimum Gasteiger partial charge on any atom is -0.377 e. The molecule has 0 saturated carbocycles. The Bertz CT molecular complexity index is 331. The van der Waals surface area contributed by atoms with Crippen LogP contribution >= 0.6 is 0 Å². The summed E-state index contributed by atoms with van der Waals surface area (Å²) < 4.78 is 7.51. The summed E-state index contributed by atoms with van der Waals surface area (Å²) in [6.45, 7) is 5.28. The van der Waals surface area contributed by atoms with E-state index >= 15 is 0 Å². The molecule has 0 bridgehead atoms. The molecule has 4 nitrogen and oxygen atoms in total. The zero-order chi connectivity index (χ0) is 11.5. The van der Waals surface area contributed by atoms with Crippen LogP contribution in [0.4, 0.5) is 0 Å². The van der Waals surface area contributed by atoms with E-state index in [1.165, 1.54) is 18.4 Å². The van der Waals surface area contributed by atoms with Gasteiger partial charge in [-0.1, -0.05) is 0 Å². The van der Waals surface area contributed by atoms with Crippen LogP contribution in [0.15, 0.2) is 12.4 Å². The SMILES string of the molecule is CC(NC(C)C1CCCO1)c1cnn(C)c1. The third-order valence-corrected chi connectivity index (χ3v) is 3.26. The average molecular weight is 223 g/mol. The fourth-order valence-corrected chi connectivity index (χ4v) is 2.26. The molecule has 1 saturated heterocycles. The van der Waals surface area contributed by atoms with Gasteiger partial charge < -0.3 is 10.1 Å². The van der Waals surface area contributed by atoms with Crippen molar-refractivity contribution in [2.75, 3.05) is 6.61 Å². The molecule has 90 valence electrons. The molecule has 16 heavy (non-hydrogen) atoms. The second kappa shape index (κ2) is 4.97. The molecular weight excluding hydrogens is 202 g/mol. The van der Waals surface area contributed by atoms with E-state index in [2.05, 4.69) is 30.5 Å². The maximum atomic E-state index is 5.67. The van der Waals surface area contributed by atoms with Crippen molar-refractivity contribution in [2.45, 2.75) is 44.9 Å². The van der Waals surface area contributed by atoms with Gasteiger partial charge >= 0.3 is 0 Å². The fourth-order valence-electron chi connectivity index (χ4n) is 2.26. The number of aromatic nitrogens is 2. The molecule has 0 amide bonds. The molecule has 4 heteroatoms. The maximum Gasteiger partial charge on any atom is 0.0726 e. The van der Waals surface area contributed by atoms with E-state index in [1.54, 1.807) is 0 Å². The first-order valence-corrected chi connectivity index (χ1v) is 6.03. The van der Waals surface area contributed by atoms with Crippen molar-refractivity contribution in [3.8, 4) is 0 Å². The first kappa shape index (κ1) is 11.6. The van der Waals surface area contributed by atoms with E-state index in [-0.39, 0.29) is 0 Å². The first-order valence-electron chi connectivity index (χ1n) is 6.03. The maximum absolute atomic E-state index is 5.67. The monoisotopic (exact) mass is 223 g/mol. The van der Waals surface area contributed by atoms with Crippen molar-refractivity contribution in [1.29, 1.82) is 0 Å². The number of aryl methyl sites for hydroxylation is 1. The zero-order valence-electron chi connectivity index (χ0n) is 10.3. The fraction of sp³-hybridized carbons (Fsp3) is 0.750. The lowest BCUT2D eigenvalue weighted by molar-refractivity contribution is 0.0804. The van der Waals surface area contributed by atoms with Crippen molar-refractivity contribution >= 4 is 0 Å². The van der Waals surface area contributed by atoms with Gasteiger partial charge in [0, 0.05) is 37.5 Å². The molecule has 3 atom stereocenters. The van der Waals surface area contributed by atoms with E-state index in [9.17, 15) is 0 Å². The molecule has 1 aromatic rings. The topological polar surface area (TPSA) is 39.1 Å². The Morgan fingerprint density at radius 1 is 1.56 bits per heavy atom. The molecule has 1 N–H and O–H groups in total. The van der Waals surface area contributed by atoms with E-state index in [0.717, 1.165) is 6.61 Å². The summed E-state index contributed by atoms with van der Waals surface area (Å²) in [7, 11) is 1.94. The van der Waals surface area contributed by atoms with Gasteiger partial charge in [0.05, 0.1) is 12.3 Å². The Labute approximate surface area is 97.0 Å². The highest BCUT2D eigenvalue weighted by Gasteiger charge is 2.23. The van der Waals surface area contributed by atoms with Crippen LogP contribution in [0.3, 0.4) is 0 Å². The van der Waals surface area contributed by atoms with Gasteiger partial charge in [0.1, 0.15) is 0 Å². The summed E-state index contributed by atoms with van der Waals surface area (Å²) >= 11 is 0. The van der Waals surface area contributed by atoms with E-state index in [0.29, 0.717) is 18.2 Å². The molecule has 1 aliphatic heterocycles. The molecule has 1 aliphatic rings. The van der Waals surface area contributed by atoms with Crippen molar-refractivity contribution in [2.24, 2.45) is 7.05 Å². The molecule has 0 aromatic carbocycles. The van der Waals surface area contributed by atoms with Gasteiger partial charge in [-0.25, -0.2) is 0 Å². The van der Waals surface area contributed by atoms with Gasteiger partial charge in [-0.15, -0.1) is 0 Å². The third kappa shape index (κ3) is 2.62. The predicted octanol–water partition coefficient (Wildman–Crippen LogP) is 1.64. The van der Waals surface area contributed by atoms with Crippen LogP contribution in [0.2, 0.25) is 0 Å². The second-order valence-corrected chi connectivity index (χ2v) is 4.68. The highest BCUT2D eigenvalue weighted by Crippen LogP contribution is 2.18. The third-order valence-electron chi connectivity index (χ3n) is 3.26. The Hall–Kier alpha value is -0.870. The molecular formula is C12H21N3O. The molecule has 1 aromatic heterocycles. The summed E-state index contributed by atoms with van der Waals surface area (Å²) in [5.41, 5.74) is 1.23. The van der Waals surface area contributed by atoms with Crippen LogP contribution in [0.1, 0.15) is 38.3 Å². The average Bonchev–Trinajstić information content (AvgIpc) is 2.87. The number of nitrogens with zero attached hydrogens (tertiary/aromatic N) is 2. The molecule has 2 heterocycles. The van der Waals surface area contributed by atoms with E-state index in [4.69, 9.17) is 4.74 Å². The van der Waals surface area contributed by atoms with Crippen molar-refractivity contribution in [3.63, 3.8) is 0 Å². The summed E-state index contributed by atoms with van der Waals surface area (Å²) in [6.07, 6.45) is 6.71. The van der Waals surface area contributed by atoms with Crippen LogP contribution in [-0.2, 0) is 11.8 Å². The normalized spacial score (nSPS) is 24.6. The molecule has 3 unspecified atom stereocenters. The van der Waals surface area contributed by atoms with Crippen LogP contribution in [0.5, 0.6) is 0 Å². The zero-order valence-corrected chi connectivity index (χ0v) is 10.3. The van der Waals surface area contributed by atoms with Crippen molar-refractivity contribution in [3.05, 3.63) is 18.0 Å². The number of hydrogen-bond acceptors (Lipinski definition) is 3. The summed E-state index contributed by atoms with van der Waals surface area (Å²) in [5, 5.41) is 7.76. The quantitative estimate of drug-likeness (QED) is 0.843. The Morgan fingerprint density at radius 3 is 2.94 bits per heavy atom. The lowest BCUT2D eigenvalue weighted by Gasteiger charge is -2.23. The van der Waals surface area contributed by atoms with Gasteiger partial charge in [0.15, 0.2) is 0 Å². The Balaban J connectivity index is 1.88. The Kier molecular flexibility index (Phi) is 3.61. The number of rotatable bonds is 4. The van der Waals surface area contributed by atoms with Gasteiger partial charge in [-0.2, -0.15) is 5.10 Å². The van der Waals surface area contributed by atoms with Gasteiger partial charge in [0.2, 0.25) is 0 Å². The Morgan fingerprint density at radius 2 is 2.38 bits per heavy atom. The summed E-state index contributed by atoms with van der Waals surface area (Å²) in [5.74, 6) is 0. The minimum absolute atomic E-state index is 0.327. The van der Waals surface area contributed by atoms with E-state index in [1.807, 2.05) is 17.9 Å². The smallest absolute Gasteiger partial charge is 0.0726 e. The lowest BCUT2D eigenvalue weighted by atomic mass is 10.1. The first-order chi connectivity index (χ1) is 7.66. The van der Waals surface area contributed by atoms with Crippen LogP contribution < -0.4 is 5.32 Å². The number of nitrogens with one attached hydrogen (secondary N) is 1. The van der Waals surface area contributed by atoms with Crippen molar-refractivity contribution in [1.82, 2.24) is 15.1 Å². The summed E-state index contributed by atoms with van der Waals surface area (Å²) in [4.78, 5) is 0. The highest BCUT2D eigenvalue weighted by molar-refractivity contribution is 5.09. The standard InChI is InChI=1S/C12H21N3O/c1-9(11-7-13-15(3)8-11)14-10(2)12-5-4-6-16-12/h7-10,12,14H,4-6H2,1-3H3. The van der Waals surface area contributed by atoms with Crippen molar-refractivity contribution < 1.29 is 4.74 Å². The lowest BCUT2D eigenvalue weighted by Crippen LogP contribution is -2.38. The molecule has 1 fully saturated rings. The number of ether oxygens (including phenoxy) is 1. The molecule has 0 radical (unpaired) electrons. The molecule has 0 spiro atoms. The minimum atomic E-state index is 0.327. The van der Waals surface area contributed by atoms with Gasteiger partial charge in [-0.3, -0.25) is 4.68 Å². The van der Waals surface area contributed by atoms with Gasteiger partial charge in [-0.05, 0) is 26.7 Å². The van der Waals surface area contributed by atoms with Crippen LogP contribution in [0, 0.1) is 0 Å². The van der Waals surface area contributed by atoms with E-state index < -0.39 is 0 Å². The number of hydrogen-bond donors (Lipinski definition) is 1. The molecule has 0 aliphatic carbocycles. The second-order valence-electron chi connectivity index (χ2n) is 4.68.